The van der Waals surface area contributed by atoms with Crippen LogP contribution in [0, 0.1) is 0 Å². The summed E-state index contributed by atoms with van der Waals surface area (Å²) in [7, 11) is 1.64. The molecule has 0 aliphatic rings. The second-order valence-electron chi connectivity index (χ2n) is 5.13. The Bertz CT molecular complexity index is 613. The highest BCUT2D eigenvalue weighted by Crippen LogP contribution is 2.29. The van der Waals surface area contributed by atoms with E-state index < -0.39 is 0 Å². The molecule has 0 bridgehead atoms. The molecule has 0 aliphatic heterocycles. The van der Waals surface area contributed by atoms with Crippen molar-refractivity contribution in [2.45, 2.75) is 25.9 Å². The molecule has 0 saturated heterocycles. The minimum absolute atomic E-state index is 0.0804. The van der Waals surface area contributed by atoms with Crippen LogP contribution in [0.2, 0.25) is 0 Å². The lowest BCUT2D eigenvalue weighted by Gasteiger charge is -2.22. The molecular formula is C17H21NO3. The van der Waals surface area contributed by atoms with E-state index in [0.717, 1.165) is 11.3 Å². The molecule has 2 aromatic carbocycles. The molecule has 0 saturated carbocycles. The van der Waals surface area contributed by atoms with Crippen LogP contribution < -0.4 is 10.1 Å². The van der Waals surface area contributed by atoms with E-state index in [1.165, 1.54) is 12.1 Å². The van der Waals surface area contributed by atoms with Gasteiger partial charge < -0.3 is 20.3 Å². The van der Waals surface area contributed by atoms with E-state index in [9.17, 15) is 10.2 Å². The summed E-state index contributed by atoms with van der Waals surface area (Å²) in [5.41, 5.74) is 1.77. The van der Waals surface area contributed by atoms with Gasteiger partial charge in [0.2, 0.25) is 0 Å². The van der Waals surface area contributed by atoms with Crippen LogP contribution in [-0.2, 0) is 0 Å². The van der Waals surface area contributed by atoms with Gasteiger partial charge in [-0.3, -0.25) is 0 Å². The zero-order chi connectivity index (χ0) is 15.4. The zero-order valence-electron chi connectivity index (χ0n) is 12.5. The number of nitrogens with one attached hydrogen (secondary N) is 1. The molecule has 1 unspecified atom stereocenters. The van der Waals surface area contributed by atoms with Gasteiger partial charge in [0, 0.05) is 17.6 Å². The highest BCUT2D eigenvalue weighted by Gasteiger charge is 2.15. The number of methoxy groups -OCH3 is 1. The van der Waals surface area contributed by atoms with E-state index in [2.05, 4.69) is 5.32 Å². The minimum atomic E-state index is -0.0988. The summed E-state index contributed by atoms with van der Waals surface area (Å²) >= 11 is 0. The Morgan fingerprint density at radius 3 is 2.48 bits per heavy atom. The van der Waals surface area contributed by atoms with Gasteiger partial charge in [0.15, 0.2) is 0 Å². The molecule has 0 radical (unpaired) electrons. The highest BCUT2D eigenvalue weighted by atomic mass is 16.5. The standard InChI is InChI=1S/C17H21NO3/c1-11(13-5-4-6-15(9-13)21-3)18-12(2)16-10-14(19)7-8-17(16)20/h4-12,18-20H,1-3H3/t11-,12?/m0/s1. The lowest BCUT2D eigenvalue weighted by atomic mass is 10.0. The summed E-state index contributed by atoms with van der Waals surface area (Å²) in [5.74, 6) is 1.13. The van der Waals surface area contributed by atoms with Gasteiger partial charge in [0.05, 0.1) is 7.11 Å². The highest BCUT2D eigenvalue weighted by molar-refractivity contribution is 5.40. The van der Waals surface area contributed by atoms with E-state index in [-0.39, 0.29) is 23.6 Å². The van der Waals surface area contributed by atoms with Crippen molar-refractivity contribution in [3.05, 3.63) is 53.6 Å². The Morgan fingerprint density at radius 2 is 1.76 bits per heavy atom. The average Bonchev–Trinajstić information content (AvgIpc) is 2.49. The van der Waals surface area contributed by atoms with Crippen LogP contribution in [0.4, 0.5) is 0 Å². The fourth-order valence-corrected chi connectivity index (χ4v) is 2.36. The first-order valence-electron chi connectivity index (χ1n) is 6.93. The first-order valence-corrected chi connectivity index (χ1v) is 6.93. The zero-order valence-corrected chi connectivity index (χ0v) is 12.5. The maximum atomic E-state index is 9.90. The molecule has 4 nitrogen and oxygen atoms in total. The van der Waals surface area contributed by atoms with Gasteiger partial charge in [-0.15, -0.1) is 0 Å². The molecule has 0 fully saturated rings. The summed E-state index contributed by atoms with van der Waals surface area (Å²) in [6, 6.07) is 12.4. The molecular weight excluding hydrogens is 266 g/mol. The average molecular weight is 287 g/mol. The van der Waals surface area contributed by atoms with E-state index in [1.807, 2.05) is 38.1 Å². The summed E-state index contributed by atoms with van der Waals surface area (Å²) in [6.07, 6.45) is 0. The molecule has 2 rings (SSSR count). The lowest BCUT2D eigenvalue weighted by Crippen LogP contribution is -2.22. The molecule has 0 aromatic heterocycles. The van der Waals surface area contributed by atoms with Crippen molar-refractivity contribution in [2.24, 2.45) is 0 Å². The quantitative estimate of drug-likeness (QED) is 0.736. The van der Waals surface area contributed by atoms with Crippen molar-refractivity contribution in [3.8, 4) is 17.2 Å². The number of phenols is 2. The number of hydrogen-bond donors (Lipinski definition) is 3. The maximum Gasteiger partial charge on any atom is 0.120 e. The number of ether oxygens (including phenoxy) is 1. The molecule has 0 heterocycles. The predicted octanol–water partition coefficient (Wildman–Crippen LogP) is 3.52. The van der Waals surface area contributed by atoms with E-state index in [4.69, 9.17) is 4.74 Å². The molecule has 4 heteroatoms. The summed E-state index contributed by atoms with van der Waals surface area (Å²) in [4.78, 5) is 0. The largest absolute Gasteiger partial charge is 0.508 e. The third kappa shape index (κ3) is 3.67. The molecule has 0 spiro atoms. The summed E-state index contributed by atoms with van der Waals surface area (Å²) in [5, 5.41) is 22.9. The Morgan fingerprint density at radius 1 is 1.00 bits per heavy atom. The van der Waals surface area contributed by atoms with Crippen molar-refractivity contribution in [1.29, 1.82) is 0 Å². The maximum absolute atomic E-state index is 9.90. The number of phenolic OH excluding ortho intramolecular Hbond substituents is 2. The SMILES string of the molecule is COc1cccc([C@H](C)NC(C)c2cc(O)ccc2O)c1. The van der Waals surface area contributed by atoms with Gasteiger partial charge in [-0.25, -0.2) is 0 Å². The third-order valence-electron chi connectivity index (χ3n) is 3.57. The Balaban J connectivity index is 2.14. The van der Waals surface area contributed by atoms with Gasteiger partial charge in [-0.05, 0) is 49.7 Å². The minimum Gasteiger partial charge on any atom is -0.508 e. The van der Waals surface area contributed by atoms with Gasteiger partial charge in [0.25, 0.3) is 0 Å². The normalized spacial score (nSPS) is 13.7. The van der Waals surface area contributed by atoms with Crippen molar-refractivity contribution in [3.63, 3.8) is 0 Å². The van der Waals surface area contributed by atoms with Gasteiger partial charge >= 0.3 is 0 Å². The lowest BCUT2D eigenvalue weighted by molar-refractivity contribution is 0.411. The van der Waals surface area contributed by atoms with Crippen LogP contribution in [0.1, 0.15) is 37.1 Å². The van der Waals surface area contributed by atoms with Gasteiger partial charge in [0.1, 0.15) is 17.2 Å². The summed E-state index contributed by atoms with van der Waals surface area (Å²) in [6.45, 7) is 4.00. The van der Waals surface area contributed by atoms with Crippen molar-refractivity contribution in [2.75, 3.05) is 7.11 Å². The molecule has 2 aromatic rings. The van der Waals surface area contributed by atoms with Crippen LogP contribution in [0.15, 0.2) is 42.5 Å². The van der Waals surface area contributed by atoms with Crippen LogP contribution in [0.3, 0.4) is 0 Å². The van der Waals surface area contributed by atoms with Crippen molar-refractivity contribution < 1.29 is 14.9 Å². The first kappa shape index (κ1) is 15.2. The second-order valence-corrected chi connectivity index (χ2v) is 5.13. The summed E-state index contributed by atoms with van der Waals surface area (Å²) < 4.78 is 5.23. The van der Waals surface area contributed by atoms with Crippen LogP contribution in [0.5, 0.6) is 17.2 Å². The van der Waals surface area contributed by atoms with Gasteiger partial charge in [-0.2, -0.15) is 0 Å². The number of rotatable bonds is 5. The number of hydrogen-bond acceptors (Lipinski definition) is 4. The molecule has 0 amide bonds. The molecule has 3 N–H and O–H groups in total. The Hall–Kier alpha value is -2.20. The molecule has 112 valence electrons. The van der Waals surface area contributed by atoms with Crippen molar-refractivity contribution in [1.82, 2.24) is 5.32 Å². The molecule has 21 heavy (non-hydrogen) atoms. The van der Waals surface area contributed by atoms with Crippen molar-refractivity contribution >= 4 is 0 Å². The Labute approximate surface area is 125 Å². The van der Waals surface area contributed by atoms with Crippen LogP contribution >= 0.6 is 0 Å². The fourth-order valence-electron chi connectivity index (χ4n) is 2.36. The molecule has 2 atom stereocenters. The van der Waals surface area contributed by atoms with E-state index in [1.54, 1.807) is 13.2 Å². The van der Waals surface area contributed by atoms with Crippen LogP contribution in [0.25, 0.3) is 0 Å². The number of benzene rings is 2. The molecule has 0 aliphatic carbocycles. The number of aromatic hydroxyl groups is 2. The smallest absolute Gasteiger partial charge is 0.120 e. The topological polar surface area (TPSA) is 61.7 Å². The Kier molecular flexibility index (Phi) is 4.70. The monoisotopic (exact) mass is 287 g/mol. The van der Waals surface area contributed by atoms with E-state index >= 15 is 0 Å². The fraction of sp³-hybridized carbons (Fsp3) is 0.294. The van der Waals surface area contributed by atoms with Gasteiger partial charge in [-0.1, -0.05) is 12.1 Å². The first-order chi connectivity index (χ1) is 10.0. The van der Waals surface area contributed by atoms with E-state index in [0.29, 0.717) is 5.56 Å². The predicted molar refractivity (Wildman–Crippen MR) is 82.7 cm³/mol. The second kappa shape index (κ2) is 6.50. The van der Waals surface area contributed by atoms with Crippen LogP contribution in [-0.4, -0.2) is 17.3 Å². The third-order valence-corrected chi connectivity index (χ3v) is 3.57.